The molecule has 2 aromatic rings. The van der Waals surface area contributed by atoms with Crippen molar-refractivity contribution >= 4 is 18.0 Å². The van der Waals surface area contributed by atoms with Crippen LogP contribution in [0.1, 0.15) is 43.7 Å². The van der Waals surface area contributed by atoms with Crippen molar-refractivity contribution in [1.29, 1.82) is 0 Å². The van der Waals surface area contributed by atoms with Gasteiger partial charge in [-0.3, -0.25) is 4.79 Å². The van der Waals surface area contributed by atoms with Crippen molar-refractivity contribution < 1.29 is 24.2 Å². The molecule has 2 aliphatic carbocycles. The number of carboxylic acid groups (broad SMARTS) is 1. The number of allylic oxidation sites excluding steroid dienone is 1. The summed E-state index contributed by atoms with van der Waals surface area (Å²) >= 11 is 0. The number of amides is 2. The normalized spacial score (nSPS) is 19.7. The first-order valence-corrected chi connectivity index (χ1v) is 11.7. The molecule has 0 aromatic heterocycles. The Morgan fingerprint density at radius 1 is 1.03 bits per heavy atom. The van der Waals surface area contributed by atoms with Crippen LogP contribution >= 0.6 is 0 Å². The molecular weight excluding hydrogens is 432 g/mol. The summed E-state index contributed by atoms with van der Waals surface area (Å²) in [6, 6.07) is 15.0. The van der Waals surface area contributed by atoms with E-state index in [0.29, 0.717) is 12.8 Å². The minimum atomic E-state index is -1.05. The summed E-state index contributed by atoms with van der Waals surface area (Å²) in [5.74, 6) is -2.03. The van der Waals surface area contributed by atoms with Crippen LogP contribution in [0.2, 0.25) is 0 Å². The monoisotopic (exact) mass is 462 g/mol. The van der Waals surface area contributed by atoms with Gasteiger partial charge in [-0.2, -0.15) is 0 Å². The van der Waals surface area contributed by atoms with Gasteiger partial charge in [0.1, 0.15) is 12.6 Å². The maximum absolute atomic E-state index is 12.6. The highest BCUT2D eigenvalue weighted by molar-refractivity contribution is 5.85. The number of benzene rings is 2. The fourth-order valence-corrected chi connectivity index (χ4v) is 4.79. The van der Waals surface area contributed by atoms with Crippen LogP contribution < -0.4 is 10.6 Å². The minimum absolute atomic E-state index is 0.0254. The van der Waals surface area contributed by atoms with E-state index in [9.17, 15) is 19.5 Å². The first kappa shape index (κ1) is 23.5. The van der Waals surface area contributed by atoms with Crippen LogP contribution in [0, 0.1) is 11.8 Å². The lowest BCUT2D eigenvalue weighted by Crippen LogP contribution is -2.48. The van der Waals surface area contributed by atoms with E-state index >= 15 is 0 Å². The summed E-state index contributed by atoms with van der Waals surface area (Å²) in [5, 5.41) is 14.8. The molecule has 2 aliphatic rings. The fraction of sp³-hybridized carbons (Fsp3) is 0.370. The standard InChI is InChI=1S/C27H30N2O5/c1-16(2)24(26(31)32)29-25(30)17-8-7-9-18(14-17)28-27(33)34-15-23-21-12-5-3-10-19(21)20-11-4-6-13-22(20)23/h3-7,9-13,16-18,23-24H,8,14-15H2,1-2H3,(H,28,33)(H,29,30)(H,31,32)/t17?,18?,24-/m1/s1. The predicted octanol–water partition coefficient (Wildman–Crippen LogP) is 4.09. The van der Waals surface area contributed by atoms with E-state index in [1.54, 1.807) is 13.8 Å². The summed E-state index contributed by atoms with van der Waals surface area (Å²) in [5.41, 5.74) is 4.61. The number of ether oxygens (including phenoxy) is 1. The average molecular weight is 463 g/mol. The summed E-state index contributed by atoms with van der Waals surface area (Å²) in [4.78, 5) is 36.6. The van der Waals surface area contributed by atoms with E-state index in [1.165, 1.54) is 0 Å². The Kier molecular flexibility index (Phi) is 7.01. The Hall–Kier alpha value is -3.61. The minimum Gasteiger partial charge on any atom is -0.480 e. The lowest BCUT2D eigenvalue weighted by atomic mass is 9.89. The van der Waals surface area contributed by atoms with Crippen LogP contribution in [0.15, 0.2) is 60.7 Å². The maximum atomic E-state index is 12.6. The number of hydrogen-bond acceptors (Lipinski definition) is 4. The van der Waals surface area contributed by atoms with Gasteiger partial charge in [0.05, 0.1) is 6.04 Å². The van der Waals surface area contributed by atoms with Gasteiger partial charge in [-0.1, -0.05) is 74.5 Å². The van der Waals surface area contributed by atoms with E-state index in [4.69, 9.17) is 4.74 Å². The molecule has 7 nitrogen and oxygen atoms in total. The Balaban J connectivity index is 1.33. The highest BCUT2D eigenvalue weighted by atomic mass is 16.5. The Morgan fingerprint density at radius 2 is 1.65 bits per heavy atom. The summed E-state index contributed by atoms with van der Waals surface area (Å²) in [7, 11) is 0. The topological polar surface area (TPSA) is 105 Å². The van der Waals surface area contributed by atoms with Crippen molar-refractivity contribution in [3.8, 4) is 11.1 Å². The highest BCUT2D eigenvalue weighted by Gasteiger charge is 2.31. The number of carbonyl (C=O) groups excluding carboxylic acids is 2. The van der Waals surface area contributed by atoms with Crippen LogP contribution in [0.4, 0.5) is 4.79 Å². The second kappa shape index (κ2) is 10.1. The molecule has 2 amide bonds. The average Bonchev–Trinajstić information content (AvgIpc) is 3.14. The second-order valence-corrected chi connectivity index (χ2v) is 9.24. The predicted molar refractivity (Wildman–Crippen MR) is 128 cm³/mol. The van der Waals surface area contributed by atoms with E-state index < -0.39 is 24.0 Å². The van der Waals surface area contributed by atoms with Crippen molar-refractivity contribution in [2.45, 2.75) is 44.7 Å². The molecule has 0 heterocycles. The molecule has 2 aromatic carbocycles. The molecule has 0 spiro atoms. The third-order valence-corrected chi connectivity index (χ3v) is 6.58. The Bertz CT molecular complexity index is 1060. The van der Waals surface area contributed by atoms with Gasteiger partial charge in [0.15, 0.2) is 0 Å². The summed E-state index contributed by atoms with van der Waals surface area (Å²) in [6.07, 6.45) is 4.04. The van der Waals surface area contributed by atoms with Gasteiger partial charge < -0.3 is 20.5 Å². The molecule has 0 fully saturated rings. The van der Waals surface area contributed by atoms with Gasteiger partial charge in [0, 0.05) is 11.8 Å². The summed E-state index contributed by atoms with van der Waals surface area (Å²) in [6.45, 7) is 3.72. The van der Waals surface area contributed by atoms with Crippen molar-refractivity contribution in [3.63, 3.8) is 0 Å². The van der Waals surface area contributed by atoms with Crippen molar-refractivity contribution in [3.05, 3.63) is 71.8 Å². The van der Waals surface area contributed by atoms with E-state index in [2.05, 4.69) is 34.9 Å². The molecule has 2 unspecified atom stereocenters. The van der Waals surface area contributed by atoms with Crippen molar-refractivity contribution in [2.24, 2.45) is 11.8 Å². The van der Waals surface area contributed by atoms with E-state index in [1.807, 2.05) is 36.4 Å². The lowest BCUT2D eigenvalue weighted by molar-refractivity contribution is -0.143. The molecule has 0 saturated carbocycles. The molecule has 0 bridgehead atoms. The van der Waals surface area contributed by atoms with Crippen LogP contribution in [-0.2, 0) is 14.3 Å². The third-order valence-electron chi connectivity index (χ3n) is 6.58. The molecule has 0 aliphatic heterocycles. The molecule has 0 radical (unpaired) electrons. The van der Waals surface area contributed by atoms with Gasteiger partial charge in [-0.25, -0.2) is 9.59 Å². The van der Waals surface area contributed by atoms with Crippen LogP contribution in [-0.4, -0.2) is 41.8 Å². The number of aliphatic carboxylic acids is 1. The maximum Gasteiger partial charge on any atom is 0.407 e. The second-order valence-electron chi connectivity index (χ2n) is 9.24. The number of alkyl carbamates (subject to hydrolysis) is 1. The molecule has 0 saturated heterocycles. The number of nitrogens with one attached hydrogen (secondary N) is 2. The van der Waals surface area contributed by atoms with E-state index in [0.717, 1.165) is 22.3 Å². The molecule has 3 atom stereocenters. The highest BCUT2D eigenvalue weighted by Crippen LogP contribution is 2.44. The van der Waals surface area contributed by atoms with Crippen LogP contribution in [0.5, 0.6) is 0 Å². The first-order valence-electron chi connectivity index (χ1n) is 11.7. The van der Waals surface area contributed by atoms with Gasteiger partial charge in [-0.15, -0.1) is 0 Å². The first-order chi connectivity index (χ1) is 16.3. The molecule has 4 rings (SSSR count). The van der Waals surface area contributed by atoms with Crippen LogP contribution in [0.25, 0.3) is 11.1 Å². The molecule has 178 valence electrons. The van der Waals surface area contributed by atoms with Crippen molar-refractivity contribution in [2.75, 3.05) is 6.61 Å². The molecule has 34 heavy (non-hydrogen) atoms. The Morgan fingerprint density at radius 3 is 2.24 bits per heavy atom. The number of hydrogen-bond donors (Lipinski definition) is 3. The van der Waals surface area contributed by atoms with Gasteiger partial charge in [-0.05, 0) is 41.0 Å². The number of carbonyl (C=O) groups is 3. The number of fused-ring (bicyclic) bond motifs is 3. The largest absolute Gasteiger partial charge is 0.480 e. The third kappa shape index (κ3) is 4.98. The number of carboxylic acids is 1. The van der Waals surface area contributed by atoms with Crippen molar-refractivity contribution in [1.82, 2.24) is 10.6 Å². The Labute approximate surface area is 199 Å². The fourth-order valence-electron chi connectivity index (χ4n) is 4.79. The SMILES string of the molecule is CC(C)[C@@H](NC(=O)C1CC=CC(NC(=O)OCC2c3ccccc3-c3ccccc32)C1)C(=O)O. The molecular formula is C27H30N2O5. The smallest absolute Gasteiger partial charge is 0.407 e. The van der Waals surface area contributed by atoms with Gasteiger partial charge in [0.2, 0.25) is 5.91 Å². The van der Waals surface area contributed by atoms with E-state index in [-0.39, 0.29) is 30.4 Å². The molecule has 3 N–H and O–H groups in total. The van der Waals surface area contributed by atoms with Gasteiger partial charge >= 0.3 is 12.1 Å². The number of rotatable bonds is 7. The summed E-state index contributed by atoms with van der Waals surface area (Å²) < 4.78 is 5.60. The lowest BCUT2D eigenvalue weighted by Gasteiger charge is -2.27. The quantitative estimate of drug-likeness (QED) is 0.538. The van der Waals surface area contributed by atoms with Gasteiger partial charge in [0.25, 0.3) is 0 Å². The zero-order valence-electron chi connectivity index (χ0n) is 19.4. The zero-order chi connectivity index (χ0) is 24.2. The molecule has 7 heteroatoms. The van der Waals surface area contributed by atoms with Crippen LogP contribution in [0.3, 0.4) is 0 Å². The zero-order valence-corrected chi connectivity index (χ0v) is 19.4.